The highest BCUT2D eigenvalue weighted by atomic mass is 16.6. The molecule has 2 amide bonds. The first-order valence-corrected chi connectivity index (χ1v) is 8.40. The van der Waals surface area contributed by atoms with E-state index in [1.807, 2.05) is 10.7 Å². The number of hydrogen-bond donors (Lipinski definition) is 1. The summed E-state index contributed by atoms with van der Waals surface area (Å²) in [6.45, 7) is 4.29. The quantitative estimate of drug-likeness (QED) is 0.907. The van der Waals surface area contributed by atoms with Gasteiger partial charge in [-0.25, -0.2) is 4.79 Å². The molecule has 126 valence electrons. The number of ether oxygens (including phenoxy) is 1. The standard InChI is InChI=1S/C16H24N4O3/c1-2-23-16(22)19-8-5-13(6-9-19)18-15(21)12-4-10-20-14(11-12)3-7-17-20/h3,7,12-13H,2,4-6,8-11H2,1H3,(H,18,21). The van der Waals surface area contributed by atoms with Crippen molar-refractivity contribution in [3.8, 4) is 0 Å². The topological polar surface area (TPSA) is 76.5 Å². The number of piperidine rings is 1. The average molecular weight is 320 g/mol. The molecular formula is C16H24N4O3. The predicted molar refractivity (Wildman–Crippen MR) is 83.8 cm³/mol. The molecular weight excluding hydrogens is 296 g/mol. The highest BCUT2D eigenvalue weighted by Crippen LogP contribution is 2.20. The first kappa shape index (κ1) is 15.8. The van der Waals surface area contributed by atoms with Gasteiger partial charge in [-0.05, 0) is 32.3 Å². The highest BCUT2D eigenvalue weighted by Gasteiger charge is 2.29. The van der Waals surface area contributed by atoms with Crippen molar-refractivity contribution in [1.82, 2.24) is 20.0 Å². The van der Waals surface area contributed by atoms with Crippen LogP contribution in [0, 0.1) is 5.92 Å². The van der Waals surface area contributed by atoms with Crippen LogP contribution in [0.15, 0.2) is 12.3 Å². The summed E-state index contributed by atoms with van der Waals surface area (Å²) in [6, 6.07) is 2.14. The van der Waals surface area contributed by atoms with Crippen LogP contribution in [0.25, 0.3) is 0 Å². The zero-order chi connectivity index (χ0) is 16.2. The smallest absolute Gasteiger partial charge is 0.409 e. The predicted octanol–water partition coefficient (Wildman–Crippen LogP) is 1.18. The van der Waals surface area contributed by atoms with Crippen LogP contribution in [-0.4, -0.2) is 52.4 Å². The molecule has 2 aliphatic heterocycles. The summed E-state index contributed by atoms with van der Waals surface area (Å²) < 4.78 is 6.98. The second kappa shape index (κ2) is 7.02. The molecule has 1 fully saturated rings. The minimum absolute atomic E-state index is 0.0299. The van der Waals surface area contributed by atoms with E-state index in [4.69, 9.17) is 4.74 Å². The van der Waals surface area contributed by atoms with Gasteiger partial charge in [-0.2, -0.15) is 5.10 Å². The minimum Gasteiger partial charge on any atom is -0.450 e. The maximum atomic E-state index is 12.5. The van der Waals surface area contributed by atoms with Crippen LogP contribution in [0.1, 0.15) is 31.9 Å². The Labute approximate surface area is 136 Å². The van der Waals surface area contributed by atoms with Crippen molar-refractivity contribution in [3.63, 3.8) is 0 Å². The molecule has 0 aliphatic carbocycles. The third-order valence-corrected chi connectivity index (χ3v) is 4.69. The zero-order valence-corrected chi connectivity index (χ0v) is 13.5. The number of carbonyl (C=O) groups is 2. The molecule has 2 aliphatic rings. The van der Waals surface area contributed by atoms with E-state index in [1.54, 1.807) is 18.0 Å². The number of aromatic nitrogens is 2. The maximum Gasteiger partial charge on any atom is 0.409 e. The first-order valence-electron chi connectivity index (χ1n) is 8.40. The summed E-state index contributed by atoms with van der Waals surface area (Å²) in [6.07, 6.45) is 4.71. The molecule has 7 nitrogen and oxygen atoms in total. The van der Waals surface area contributed by atoms with Crippen molar-refractivity contribution in [1.29, 1.82) is 0 Å². The van der Waals surface area contributed by atoms with Crippen LogP contribution in [0.5, 0.6) is 0 Å². The Morgan fingerprint density at radius 2 is 2.09 bits per heavy atom. The molecule has 1 aromatic heterocycles. The lowest BCUT2D eigenvalue weighted by Gasteiger charge is -2.33. The average Bonchev–Trinajstić information content (AvgIpc) is 3.03. The molecule has 1 N–H and O–H groups in total. The van der Waals surface area contributed by atoms with Crippen molar-refractivity contribution in [3.05, 3.63) is 18.0 Å². The van der Waals surface area contributed by atoms with Gasteiger partial charge in [-0.1, -0.05) is 0 Å². The Bertz CT molecular complexity index is 563. The van der Waals surface area contributed by atoms with Crippen LogP contribution < -0.4 is 5.32 Å². The summed E-state index contributed by atoms with van der Waals surface area (Å²) in [7, 11) is 0. The van der Waals surface area contributed by atoms with Gasteiger partial charge in [-0.15, -0.1) is 0 Å². The molecule has 1 atom stereocenters. The summed E-state index contributed by atoms with van der Waals surface area (Å²) in [5.74, 6) is 0.161. The Morgan fingerprint density at radius 1 is 1.30 bits per heavy atom. The van der Waals surface area contributed by atoms with Crippen molar-refractivity contribution in [2.45, 2.75) is 45.2 Å². The number of carbonyl (C=O) groups excluding carboxylic acids is 2. The van der Waals surface area contributed by atoms with Gasteiger partial charge in [0.1, 0.15) is 0 Å². The van der Waals surface area contributed by atoms with Crippen LogP contribution in [0.2, 0.25) is 0 Å². The van der Waals surface area contributed by atoms with E-state index in [-0.39, 0.29) is 24.0 Å². The van der Waals surface area contributed by atoms with E-state index in [0.717, 1.165) is 37.9 Å². The molecule has 1 unspecified atom stereocenters. The van der Waals surface area contributed by atoms with Gasteiger partial charge in [0, 0.05) is 49.9 Å². The van der Waals surface area contributed by atoms with Crippen molar-refractivity contribution in [2.24, 2.45) is 5.92 Å². The molecule has 7 heteroatoms. The third kappa shape index (κ3) is 3.65. The van der Waals surface area contributed by atoms with Crippen LogP contribution >= 0.6 is 0 Å². The van der Waals surface area contributed by atoms with Crippen molar-refractivity contribution < 1.29 is 14.3 Å². The number of amides is 2. The lowest BCUT2D eigenvalue weighted by atomic mass is 9.94. The minimum atomic E-state index is -0.252. The largest absolute Gasteiger partial charge is 0.450 e. The number of rotatable bonds is 3. The number of fused-ring (bicyclic) bond motifs is 1. The van der Waals surface area contributed by atoms with E-state index in [0.29, 0.717) is 19.7 Å². The normalized spacial score (nSPS) is 21.6. The van der Waals surface area contributed by atoms with Gasteiger partial charge in [0.15, 0.2) is 0 Å². The summed E-state index contributed by atoms with van der Waals surface area (Å²) in [5, 5.41) is 7.40. The molecule has 0 aromatic carbocycles. The van der Waals surface area contributed by atoms with Crippen molar-refractivity contribution >= 4 is 12.0 Å². The fourth-order valence-electron chi connectivity index (χ4n) is 3.33. The molecule has 1 saturated heterocycles. The molecule has 23 heavy (non-hydrogen) atoms. The number of nitrogens with zero attached hydrogens (tertiary/aromatic N) is 3. The molecule has 0 bridgehead atoms. The fraction of sp³-hybridized carbons (Fsp3) is 0.688. The molecule has 0 saturated carbocycles. The second-order valence-corrected chi connectivity index (χ2v) is 6.20. The van der Waals surface area contributed by atoms with Crippen LogP contribution in [-0.2, 0) is 22.5 Å². The summed E-state index contributed by atoms with van der Waals surface area (Å²) >= 11 is 0. The molecule has 3 rings (SSSR count). The fourth-order valence-corrected chi connectivity index (χ4v) is 3.33. The van der Waals surface area contributed by atoms with Crippen LogP contribution in [0.4, 0.5) is 4.79 Å². The maximum absolute atomic E-state index is 12.5. The zero-order valence-electron chi connectivity index (χ0n) is 13.5. The number of aryl methyl sites for hydroxylation is 1. The number of likely N-dealkylation sites (tertiary alicyclic amines) is 1. The monoisotopic (exact) mass is 320 g/mol. The van der Waals surface area contributed by atoms with Crippen molar-refractivity contribution in [2.75, 3.05) is 19.7 Å². The Hall–Kier alpha value is -2.05. The Balaban J connectivity index is 1.46. The summed E-state index contributed by atoms with van der Waals surface area (Å²) in [5.41, 5.74) is 1.13. The van der Waals surface area contributed by atoms with E-state index in [2.05, 4.69) is 10.4 Å². The van der Waals surface area contributed by atoms with E-state index < -0.39 is 0 Å². The molecule has 0 radical (unpaired) electrons. The molecule has 3 heterocycles. The van der Waals surface area contributed by atoms with Gasteiger partial charge >= 0.3 is 6.09 Å². The lowest BCUT2D eigenvalue weighted by Crippen LogP contribution is -2.48. The first-order chi connectivity index (χ1) is 11.2. The van der Waals surface area contributed by atoms with E-state index >= 15 is 0 Å². The van der Waals surface area contributed by atoms with E-state index in [1.165, 1.54) is 0 Å². The third-order valence-electron chi connectivity index (χ3n) is 4.69. The second-order valence-electron chi connectivity index (χ2n) is 6.20. The van der Waals surface area contributed by atoms with Gasteiger partial charge < -0.3 is 15.0 Å². The van der Waals surface area contributed by atoms with Gasteiger partial charge in [-0.3, -0.25) is 9.48 Å². The van der Waals surface area contributed by atoms with Crippen LogP contribution in [0.3, 0.4) is 0 Å². The lowest BCUT2D eigenvalue weighted by molar-refractivity contribution is -0.126. The SMILES string of the molecule is CCOC(=O)N1CCC(NC(=O)C2CCn3nccc3C2)CC1. The van der Waals surface area contributed by atoms with Gasteiger partial charge in [0.2, 0.25) is 5.91 Å². The number of hydrogen-bond acceptors (Lipinski definition) is 4. The Kier molecular flexibility index (Phi) is 4.83. The molecule has 1 aromatic rings. The van der Waals surface area contributed by atoms with Gasteiger partial charge in [0.05, 0.1) is 6.61 Å². The number of nitrogens with one attached hydrogen (secondary N) is 1. The Morgan fingerprint density at radius 3 is 2.83 bits per heavy atom. The van der Waals surface area contributed by atoms with E-state index in [9.17, 15) is 9.59 Å². The molecule has 0 spiro atoms. The highest BCUT2D eigenvalue weighted by molar-refractivity contribution is 5.79. The summed E-state index contributed by atoms with van der Waals surface area (Å²) in [4.78, 5) is 25.9. The van der Waals surface area contributed by atoms with Gasteiger partial charge in [0.25, 0.3) is 0 Å².